The van der Waals surface area contributed by atoms with Crippen LogP contribution in [-0.2, 0) is 6.54 Å². The van der Waals surface area contributed by atoms with E-state index in [1.807, 2.05) is 25.1 Å². The predicted octanol–water partition coefficient (Wildman–Crippen LogP) is 4.46. The Morgan fingerprint density at radius 1 is 1.20 bits per heavy atom. The Morgan fingerprint density at radius 3 is 2.55 bits per heavy atom. The molecule has 0 fully saturated rings. The van der Waals surface area contributed by atoms with Crippen LogP contribution in [0.25, 0.3) is 0 Å². The number of rotatable bonds is 4. The third-order valence-corrected chi connectivity index (χ3v) is 3.46. The van der Waals surface area contributed by atoms with Crippen LogP contribution in [0.5, 0.6) is 0 Å². The summed E-state index contributed by atoms with van der Waals surface area (Å²) in [6.07, 6.45) is 0. The zero-order chi connectivity index (χ0) is 14.7. The molecule has 2 nitrogen and oxygen atoms in total. The second-order valence-electron chi connectivity index (χ2n) is 5.34. The first-order valence-electron chi connectivity index (χ1n) is 6.88. The molecule has 2 rings (SSSR count). The van der Waals surface area contributed by atoms with Gasteiger partial charge in [-0.1, -0.05) is 38.1 Å². The van der Waals surface area contributed by atoms with Crippen molar-refractivity contribution in [1.82, 2.24) is 0 Å². The number of nitrogens with two attached hydrogens (primary N) is 1. The Kier molecular flexibility index (Phi) is 4.40. The lowest BCUT2D eigenvalue weighted by molar-refractivity contribution is 0.629. The highest BCUT2D eigenvalue weighted by Crippen LogP contribution is 2.31. The summed E-state index contributed by atoms with van der Waals surface area (Å²) in [5, 5.41) is 3.23. The Bertz CT molecular complexity index is 606. The van der Waals surface area contributed by atoms with E-state index in [0.29, 0.717) is 18.2 Å². The fourth-order valence-corrected chi connectivity index (χ4v) is 2.26. The Hall–Kier alpha value is -1.87. The summed E-state index contributed by atoms with van der Waals surface area (Å²) in [6.45, 7) is 6.64. The molecule has 0 aliphatic heterocycles. The van der Waals surface area contributed by atoms with Gasteiger partial charge in [-0.05, 0) is 41.7 Å². The Morgan fingerprint density at radius 2 is 1.95 bits per heavy atom. The van der Waals surface area contributed by atoms with E-state index in [4.69, 9.17) is 5.73 Å². The maximum Gasteiger partial charge on any atom is 0.146 e. The molecule has 0 amide bonds. The molecule has 0 saturated heterocycles. The molecular weight excluding hydrogens is 251 g/mol. The molecular formula is C17H21FN2. The van der Waals surface area contributed by atoms with Crippen molar-refractivity contribution in [1.29, 1.82) is 0 Å². The molecule has 0 bridgehead atoms. The van der Waals surface area contributed by atoms with Gasteiger partial charge in [0.15, 0.2) is 0 Å². The summed E-state index contributed by atoms with van der Waals surface area (Å²) < 4.78 is 14.1. The first kappa shape index (κ1) is 14.5. The average molecular weight is 272 g/mol. The monoisotopic (exact) mass is 272 g/mol. The van der Waals surface area contributed by atoms with Crippen molar-refractivity contribution in [3.05, 3.63) is 58.9 Å². The second kappa shape index (κ2) is 6.06. The van der Waals surface area contributed by atoms with E-state index in [0.717, 1.165) is 16.8 Å². The highest BCUT2D eigenvalue weighted by molar-refractivity contribution is 5.68. The van der Waals surface area contributed by atoms with Crippen LogP contribution in [0.15, 0.2) is 36.4 Å². The third-order valence-electron chi connectivity index (χ3n) is 3.46. The van der Waals surface area contributed by atoms with Crippen LogP contribution in [0.1, 0.15) is 36.5 Å². The predicted molar refractivity (Wildman–Crippen MR) is 82.8 cm³/mol. The van der Waals surface area contributed by atoms with Crippen molar-refractivity contribution < 1.29 is 4.39 Å². The van der Waals surface area contributed by atoms with Gasteiger partial charge in [0.25, 0.3) is 0 Å². The number of para-hydroxylation sites is 1. The number of halogens is 1. The molecule has 0 heterocycles. The van der Waals surface area contributed by atoms with E-state index in [-0.39, 0.29) is 5.82 Å². The summed E-state index contributed by atoms with van der Waals surface area (Å²) in [4.78, 5) is 0. The van der Waals surface area contributed by atoms with Gasteiger partial charge in [0.2, 0.25) is 0 Å². The van der Waals surface area contributed by atoms with Gasteiger partial charge >= 0.3 is 0 Å². The molecule has 3 heteroatoms. The Balaban J connectivity index is 2.40. The van der Waals surface area contributed by atoms with E-state index in [9.17, 15) is 4.39 Å². The summed E-state index contributed by atoms with van der Waals surface area (Å²) in [5.41, 5.74) is 10.1. The molecule has 2 aromatic rings. The van der Waals surface area contributed by atoms with Crippen LogP contribution in [0.4, 0.5) is 15.8 Å². The van der Waals surface area contributed by atoms with Crippen molar-refractivity contribution >= 4 is 11.4 Å². The molecule has 0 atom stereocenters. The standard InChI is InChI=1S/C17H21FN2/c1-11(2)14-6-4-5-12(3)17(14)20-16-8-7-13(10-19)9-15(16)18/h4-9,11,20H,10,19H2,1-3H3. The van der Waals surface area contributed by atoms with Gasteiger partial charge in [0, 0.05) is 12.2 Å². The normalized spacial score (nSPS) is 10.9. The minimum absolute atomic E-state index is 0.272. The van der Waals surface area contributed by atoms with E-state index in [1.54, 1.807) is 6.07 Å². The lowest BCUT2D eigenvalue weighted by atomic mass is 9.98. The first-order chi connectivity index (χ1) is 9.52. The highest BCUT2D eigenvalue weighted by Gasteiger charge is 2.11. The smallest absolute Gasteiger partial charge is 0.146 e. The summed E-state index contributed by atoms with van der Waals surface area (Å²) >= 11 is 0. The molecule has 0 saturated carbocycles. The first-order valence-corrected chi connectivity index (χ1v) is 6.88. The van der Waals surface area contributed by atoms with Gasteiger partial charge in [-0.15, -0.1) is 0 Å². The molecule has 0 spiro atoms. The number of benzene rings is 2. The molecule has 20 heavy (non-hydrogen) atoms. The molecule has 2 aromatic carbocycles. The summed E-state index contributed by atoms with van der Waals surface area (Å²) in [5.74, 6) is 0.106. The van der Waals surface area contributed by atoms with Crippen LogP contribution < -0.4 is 11.1 Å². The van der Waals surface area contributed by atoms with Crippen LogP contribution in [0.3, 0.4) is 0 Å². The molecule has 3 N–H and O–H groups in total. The number of nitrogens with one attached hydrogen (secondary N) is 1. The van der Waals surface area contributed by atoms with Crippen molar-refractivity contribution in [2.75, 3.05) is 5.32 Å². The van der Waals surface area contributed by atoms with E-state index in [1.165, 1.54) is 11.6 Å². The van der Waals surface area contributed by atoms with Crippen LogP contribution >= 0.6 is 0 Å². The summed E-state index contributed by atoms with van der Waals surface area (Å²) in [7, 11) is 0. The van der Waals surface area contributed by atoms with E-state index >= 15 is 0 Å². The average Bonchev–Trinajstić information content (AvgIpc) is 2.42. The minimum Gasteiger partial charge on any atom is -0.353 e. The third kappa shape index (κ3) is 2.99. The quantitative estimate of drug-likeness (QED) is 0.862. The van der Waals surface area contributed by atoms with E-state index < -0.39 is 0 Å². The molecule has 0 aromatic heterocycles. The zero-order valence-corrected chi connectivity index (χ0v) is 12.2. The van der Waals surface area contributed by atoms with E-state index in [2.05, 4.69) is 25.2 Å². The lowest BCUT2D eigenvalue weighted by Crippen LogP contribution is -2.03. The maximum atomic E-state index is 14.1. The fraction of sp³-hybridized carbons (Fsp3) is 0.294. The molecule has 106 valence electrons. The number of hydrogen-bond acceptors (Lipinski definition) is 2. The van der Waals surface area contributed by atoms with Crippen molar-refractivity contribution in [3.8, 4) is 0 Å². The molecule has 0 aliphatic rings. The molecule has 0 aliphatic carbocycles. The van der Waals surface area contributed by atoms with Gasteiger partial charge < -0.3 is 11.1 Å². The lowest BCUT2D eigenvalue weighted by Gasteiger charge is -2.18. The number of aryl methyl sites for hydroxylation is 1. The topological polar surface area (TPSA) is 38.0 Å². The van der Waals surface area contributed by atoms with Crippen molar-refractivity contribution in [3.63, 3.8) is 0 Å². The molecule has 0 radical (unpaired) electrons. The van der Waals surface area contributed by atoms with Crippen LogP contribution in [0, 0.1) is 12.7 Å². The van der Waals surface area contributed by atoms with Gasteiger partial charge in [-0.3, -0.25) is 0 Å². The van der Waals surface area contributed by atoms with Gasteiger partial charge in [0.1, 0.15) is 5.82 Å². The largest absolute Gasteiger partial charge is 0.353 e. The molecule has 0 unspecified atom stereocenters. The fourth-order valence-electron chi connectivity index (χ4n) is 2.26. The van der Waals surface area contributed by atoms with Crippen LogP contribution in [-0.4, -0.2) is 0 Å². The second-order valence-corrected chi connectivity index (χ2v) is 5.34. The van der Waals surface area contributed by atoms with Crippen molar-refractivity contribution in [2.24, 2.45) is 5.73 Å². The number of hydrogen-bond donors (Lipinski definition) is 2. The highest BCUT2D eigenvalue weighted by atomic mass is 19.1. The minimum atomic E-state index is -0.272. The van der Waals surface area contributed by atoms with Gasteiger partial charge in [-0.2, -0.15) is 0 Å². The number of anilines is 2. The Labute approximate surface area is 119 Å². The van der Waals surface area contributed by atoms with Crippen LogP contribution in [0.2, 0.25) is 0 Å². The van der Waals surface area contributed by atoms with Gasteiger partial charge in [0.05, 0.1) is 5.69 Å². The van der Waals surface area contributed by atoms with Crippen molar-refractivity contribution in [2.45, 2.75) is 33.2 Å². The summed E-state index contributed by atoms with van der Waals surface area (Å²) in [6, 6.07) is 11.2. The maximum absolute atomic E-state index is 14.1. The van der Waals surface area contributed by atoms with Gasteiger partial charge in [-0.25, -0.2) is 4.39 Å². The SMILES string of the molecule is Cc1cccc(C(C)C)c1Nc1ccc(CN)cc1F. The zero-order valence-electron chi connectivity index (χ0n) is 12.2.